The zero-order valence-electron chi connectivity index (χ0n) is 12.9. The van der Waals surface area contributed by atoms with Crippen LogP contribution in [0, 0.1) is 0 Å². The molecule has 1 unspecified atom stereocenters. The number of rotatable bonds is 2. The Kier molecular flexibility index (Phi) is 4.09. The van der Waals surface area contributed by atoms with Gasteiger partial charge in [0.25, 0.3) is 5.91 Å². The van der Waals surface area contributed by atoms with Gasteiger partial charge in [0.2, 0.25) is 0 Å². The highest BCUT2D eigenvalue weighted by Crippen LogP contribution is 2.31. The molecule has 114 valence electrons. The summed E-state index contributed by atoms with van der Waals surface area (Å²) in [6, 6.07) is -0.456. The number of nitrogens with zero attached hydrogens (tertiary/aromatic N) is 1. The van der Waals surface area contributed by atoms with Crippen LogP contribution in [-0.4, -0.2) is 47.2 Å². The second-order valence-electron chi connectivity index (χ2n) is 6.87. The number of carbonyl (C=O) groups excluding carboxylic acids is 2. The maximum atomic E-state index is 12.6. The van der Waals surface area contributed by atoms with Crippen molar-refractivity contribution in [1.82, 2.24) is 4.90 Å². The number of amides is 1. The minimum Gasteiger partial charge on any atom is -0.458 e. The molecular formula is C15H25NO4. The lowest BCUT2D eigenvalue weighted by Gasteiger charge is -2.32. The second kappa shape index (κ2) is 5.35. The molecule has 2 saturated heterocycles. The molecule has 20 heavy (non-hydrogen) atoms. The lowest BCUT2D eigenvalue weighted by atomic mass is 10.0. The molecule has 0 aromatic heterocycles. The zero-order chi connectivity index (χ0) is 15.0. The number of carbonyl (C=O) groups is 2. The Balaban J connectivity index is 2.07. The van der Waals surface area contributed by atoms with E-state index in [0.29, 0.717) is 19.6 Å². The first-order valence-electron chi connectivity index (χ1n) is 7.41. The van der Waals surface area contributed by atoms with E-state index in [2.05, 4.69) is 0 Å². The van der Waals surface area contributed by atoms with Crippen molar-refractivity contribution < 1.29 is 19.1 Å². The first-order valence-corrected chi connectivity index (χ1v) is 7.41. The average molecular weight is 283 g/mol. The van der Waals surface area contributed by atoms with Crippen LogP contribution >= 0.6 is 0 Å². The molecule has 0 aromatic rings. The number of esters is 1. The van der Waals surface area contributed by atoms with Crippen molar-refractivity contribution in [2.75, 3.05) is 13.2 Å². The number of hydrogen-bond acceptors (Lipinski definition) is 4. The van der Waals surface area contributed by atoms with Crippen LogP contribution in [0.25, 0.3) is 0 Å². The molecule has 2 heterocycles. The Morgan fingerprint density at radius 3 is 2.55 bits per heavy atom. The summed E-state index contributed by atoms with van der Waals surface area (Å²) in [6.07, 6.45) is 3.14. The SMILES string of the molecule is CC(C)(C)OC(=O)[C@H]1CCCN1C(=O)C1(C)CCCO1. The van der Waals surface area contributed by atoms with E-state index in [-0.39, 0.29) is 11.9 Å². The van der Waals surface area contributed by atoms with Gasteiger partial charge < -0.3 is 14.4 Å². The normalized spacial score (nSPS) is 30.6. The summed E-state index contributed by atoms with van der Waals surface area (Å²) >= 11 is 0. The quantitative estimate of drug-likeness (QED) is 0.726. The van der Waals surface area contributed by atoms with Crippen molar-refractivity contribution in [1.29, 1.82) is 0 Å². The minimum absolute atomic E-state index is 0.0663. The van der Waals surface area contributed by atoms with Gasteiger partial charge in [-0.3, -0.25) is 4.79 Å². The average Bonchev–Trinajstić information content (AvgIpc) is 2.94. The van der Waals surface area contributed by atoms with Gasteiger partial charge in [0.15, 0.2) is 0 Å². The molecule has 0 aromatic carbocycles. The Bertz CT molecular complexity index is 393. The molecule has 0 aliphatic carbocycles. The van der Waals surface area contributed by atoms with Crippen LogP contribution in [0.4, 0.5) is 0 Å². The first kappa shape index (κ1) is 15.3. The van der Waals surface area contributed by atoms with Crippen molar-refractivity contribution in [3.05, 3.63) is 0 Å². The van der Waals surface area contributed by atoms with Crippen molar-refractivity contribution in [3.8, 4) is 0 Å². The van der Waals surface area contributed by atoms with Gasteiger partial charge >= 0.3 is 5.97 Å². The molecule has 2 aliphatic rings. The van der Waals surface area contributed by atoms with Crippen LogP contribution in [0.15, 0.2) is 0 Å². The largest absolute Gasteiger partial charge is 0.458 e. The Hall–Kier alpha value is -1.10. The number of hydrogen-bond donors (Lipinski definition) is 0. The molecule has 0 saturated carbocycles. The molecule has 5 nitrogen and oxygen atoms in total. The summed E-state index contributed by atoms with van der Waals surface area (Å²) in [6.45, 7) is 8.58. The van der Waals surface area contributed by atoms with Crippen LogP contribution in [0.5, 0.6) is 0 Å². The smallest absolute Gasteiger partial charge is 0.329 e. The van der Waals surface area contributed by atoms with E-state index in [4.69, 9.17) is 9.47 Å². The Morgan fingerprint density at radius 1 is 1.30 bits per heavy atom. The van der Waals surface area contributed by atoms with Crippen molar-refractivity contribution in [2.45, 2.75) is 70.6 Å². The molecule has 5 heteroatoms. The van der Waals surface area contributed by atoms with Crippen LogP contribution in [-0.2, 0) is 19.1 Å². The highest BCUT2D eigenvalue weighted by molar-refractivity contribution is 5.90. The first-order chi connectivity index (χ1) is 9.23. The Labute approximate surface area is 120 Å². The highest BCUT2D eigenvalue weighted by atomic mass is 16.6. The standard InChI is InChI=1S/C15H25NO4/c1-14(2,3)20-12(17)11-7-5-9-16(11)13(18)15(4)8-6-10-19-15/h11H,5-10H2,1-4H3/t11-,15?/m1/s1. The fraction of sp³-hybridized carbons (Fsp3) is 0.867. The van der Waals surface area contributed by atoms with Gasteiger partial charge in [-0.25, -0.2) is 4.79 Å². The van der Waals surface area contributed by atoms with Crippen LogP contribution in [0.2, 0.25) is 0 Å². The van der Waals surface area contributed by atoms with Gasteiger partial charge in [-0.05, 0) is 53.4 Å². The maximum Gasteiger partial charge on any atom is 0.329 e. The van der Waals surface area contributed by atoms with Gasteiger partial charge in [0.05, 0.1) is 0 Å². The molecule has 2 aliphatic heterocycles. The number of likely N-dealkylation sites (tertiary alicyclic amines) is 1. The van der Waals surface area contributed by atoms with Crippen molar-refractivity contribution >= 4 is 11.9 Å². The molecule has 0 N–H and O–H groups in total. The van der Waals surface area contributed by atoms with Gasteiger partial charge in [0.1, 0.15) is 17.2 Å². The van der Waals surface area contributed by atoms with Crippen LogP contribution in [0.1, 0.15) is 53.4 Å². The summed E-state index contributed by atoms with van der Waals surface area (Å²) in [5.74, 6) is -0.367. The van der Waals surface area contributed by atoms with Crippen molar-refractivity contribution in [3.63, 3.8) is 0 Å². The zero-order valence-corrected chi connectivity index (χ0v) is 12.9. The van der Waals surface area contributed by atoms with Gasteiger partial charge in [-0.2, -0.15) is 0 Å². The number of ether oxygens (including phenoxy) is 2. The van der Waals surface area contributed by atoms with E-state index in [1.54, 1.807) is 4.90 Å². The third-order valence-electron chi connectivity index (χ3n) is 3.86. The third kappa shape index (κ3) is 3.14. The third-order valence-corrected chi connectivity index (χ3v) is 3.86. The van der Waals surface area contributed by atoms with E-state index < -0.39 is 17.2 Å². The van der Waals surface area contributed by atoms with E-state index in [1.807, 2.05) is 27.7 Å². The van der Waals surface area contributed by atoms with E-state index in [9.17, 15) is 9.59 Å². The molecule has 1 amide bonds. The summed E-state index contributed by atoms with van der Waals surface area (Å²) in [4.78, 5) is 26.5. The van der Waals surface area contributed by atoms with E-state index in [1.165, 1.54) is 0 Å². The molecule has 0 radical (unpaired) electrons. The predicted octanol–water partition coefficient (Wildman–Crippen LogP) is 1.89. The molecule has 0 bridgehead atoms. The maximum absolute atomic E-state index is 12.6. The van der Waals surface area contributed by atoms with Crippen LogP contribution in [0.3, 0.4) is 0 Å². The Morgan fingerprint density at radius 2 is 2.00 bits per heavy atom. The fourth-order valence-corrected chi connectivity index (χ4v) is 2.88. The van der Waals surface area contributed by atoms with Gasteiger partial charge in [0, 0.05) is 13.2 Å². The lowest BCUT2D eigenvalue weighted by molar-refractivity contribution is -0.167. The highest BCUT2D eigenvalue weighted by Gasteiger charge is 2.46. The topological polar surface area (TPSA) is 55.8 Å². The van der Waals surface area contributed by atoms with E-state index in [0.717, 1.165) is 19.3 Å². The fourth-order valence-electron chi connectivity index (χ4n) is 2.88. The van der Waals surface area contributed by atoms with Crippen molar-refractivity contribution in [2.24, 2.45) is 0 Å². The van der Waals surface area contributed by atoms with Gasteiger partial charge in [-0.15, -0.1) is 0 Å². The van der Waals surface area contributed by atoms with Crippen LogP contribution < -0.4 is 0 Å². The lowest BCUT2D eigenvalue weighted by Crippen LogP contribution is -2.51. The summed E-state index contributed by atoms with van der Waals surface area (Å²) in [5, 5.41) is 0. The van der Waals surface area contributed by atoms with E-state index >= 15 is 0 Å². The minimum atomic E-state index is -0.759. The summed E-state index contributed by atoms with van der Waals surface area (Å²) < 4.78 is 11.0. The molecule has 2 atom stereocenters. The van der Waals surface area contributed by atoms with Gasteiger partial charge in [-0.1, -0.05) is 0 Å². The predicted molar refractivity (Wildman–Crippen MR) is 74.2 cm³/mol. The monoisotopic (exact) mass is 283 g/mol. The molecule has 2 rings (SSSR count). The second-order valence-corrected chi connectivity index (χ2v) is 6.87. The summed E-state index contributed by atoms with van der Waals surface area (Å²) in [5.41, 5.74) is -1.28. The molecule has 0 spiro atoms. The summed E-state index contributed by atoms with van der Waals surface area (Å²) in [7, 11) is 0. The molecule has 2 fully saturated rings. The molecular weight excluding hydrogens is 258 g/mol.